The monoisotopic (exact) mass is 454 g/mol. The molecular formula is C31H22N2S. The maximum absolute atomic E-state index is 4.88. The van der Waals surface area contributed by atoms with Crippen LogP contribution in [-0.4, -0.2) is 9.55 Å². The van der Waals surface area contributed by atoms with E-state index >= 15 is 0 Å². The first-order valence-electron chi connectivity index (χ1n) is 11.5. The highest BCUT2D eigenvalue weighted by Crippen LogP contribution is 2.42. The summed E-state index contributed by atoms with van der Waals surface area (Å²) in [7, 11) is 2.17. The summed E-state index contributed by atoms with van der Waals surface area (Å²) in [5, 5.41) is 6.45. The molecule has 4 aromatic carbocycles. The Labute approximate surface area is 201 Å². The molecule has 0 aliphatic carbocycles. The summed E-state index contributed by atoms with van der Waals surface area (Å²) in [6.07, 6.45) is 1.96. The molecule has 3 heteroatoms. The van der Waals surface area contributed by atoms with Gasteiger partial charge in [0.25, 0.3) is 0 Å². The van der Waals surface area contributed by atoms with Crippen LogP contribution >= 0.6 is 11.3 Å². The second-order valence-electron chi connectivity index (χ2n) is 8.93. The van der Waals surface area contributed by atoms with Gasteiger partial charge in [0, 0.05) is 44.7 Å². The van der Waals surface area contributed by atoms with E-state index < -0.39 is 0 Å². The molecule has 3 heterocycles. The van der Waals surface area contributed by atoms with E-state index in [2.05, 4.69) is 110 Å². The fourth-order valence-electron chi connectivity index (χ4n) is 5.42. The Morgan fingerprint density at radius 3 is 2.35 bits per heavy atom. The van der Waals surface area contributed by atoms with Crippen LogP contribution in [0.4, 0.5) is 0 Å². The maximum Gasteiger partial charge on any atom is 0.0729 e. The first-order valence-corrected chi connectivity index (χ1v) is 12.4. The van der Waals surface area contributed by atoms with Gasteiger partial charge in [-0.25, -0.2) is 0 Å². The molecule has 3 aromatic heterocycles. The predicted octanol–water partition coefficient (Wildman–Crippen LogP) is 8.74. The van der Waals surface area contributed by atoms with E-state index in [0.717, 1.165) is 5.69 Å². The topological polar surface area (TPSA) is 17.8 Å². The molecule has 0 N–H and O–H groups in total. The second kappa shape index (κ2) is 7.28. The highest BCUT2D eigenvalue weighted by atomic mass is 32.1. The second-order valence-corrected chi connectivity index (χ2v) is 9.98. The van der Waals surface area contributed by atoms with E-state index in [9.17, 15) is 0 Å². The van der Waals surface area contributed by atoms with Crippen molar-refractivity contribution in [3.05, 3.63) is 103 Å². The Hall–Kier alpha value is -3.95. The van der Waals surface area contributed by atoms with Crippen LogP contribution in [0.15, 0.2) is 97.2 Å². The van der Waals surface area contributed by atoms with Crippen LogP contribution in [0.2, 0.25) is 0 Å². The first-order chi connectivity index (χ1) is 16.7. The van der Waals surface area contributed by atoms with Gasteiger partial charge in [-0.15, -0.1) is 11.3 Å². The number of rotatable bonds is 2. The quantitative estimate of drug-likeness (QED) is 0.255. The number of hydrogen-bond donors (Lipinski definition) is 0. The smallest absolute Gasteiger partial charge is 0.0729 e. The minimum absolute atomic E-state index is 1.01. The van der Waals surface area contributed by atoms with Crippen LogP contribution < -0.4 is 0 Å². The minimum Gasteiger partial charge on any atom is -0.343 e. The number of nitrogens with zero attached hydrogens (tertiary/aromatic N) is 2. The van der Waals surface area contributed by atoms with Gasteiger partial charge in [-0.3, -0.25) is 4.98 Å². The van der Waals surface area contributed by atoms with Gasteiger partial charge in [0.05, 0.1) is 11.2 Å². The Kier molecular flexibility index (Phi) is 4.18. The van der Waals surface area contributed by atoms with Gasteiger partial charge < -0.3 is 4.57 Å². The Morgan fingerprint density at radius 1 is 0.765 bits per heavy atom. The van der Waals surface area contributed by atoms with Crippen molar-refractivity contribution in [3.63, 3.8) is 0 Å². The van der Waals surface area contributed by atoms with Crippen molar-refractivity contribution >= 4 is 54.0 Å². The zero-order chi connectivity index (χ0) is 22.8. The van der Waals surface area contributed by atoms with Gasteiger partial charge in [-0.05, 0) is 64.5 Å². The van der Waals surface area contributed by atoms with E-state index in [1.54, 1.807) is 0 Å². The normalized spacial score (nSPS) is 11.8. The van der Waals surface area contributed by atoms with E-state index in [1.165, 1.54) is 64.2 Å². The van der Waals surface area contributed by atoms with Crippen LogP contribution in [0.1, 0.15) is 5.56 Å². The lowest BCUT2D eigenvalue weighted by molar-refractivity contribution is 1.01. The number of para-hydroxylation sites is 1. The summed E-state index contributed by atoms with van der Waals surface area (Å²) in [6.45, 7) is 2.23. The molecule has 0 radical (unpaired) electrons. The van der Waals surface area contributed by atoms with Crippen molar-refractivity contribution in [1.29, 1.82) is 0 Å². The van der Waals surface area contributed by atoms with Crippen molar-refractivity contribution in [3.8, 4) is 21.7 Å². The standard InChI is InChI=1S/C31H22N2S/c1-19-22-10-6-8-14-28(22)34-31(19)21-15-16-32-26(18-21)25-17-20-9-3-4-11-23(20)29-24-12-5-7-13-27(24)33(2)30(25)29/h3-18H,1-2H3. The number of benzene rings is 4. The van der Waals surface area contributed by atoms with Gasteiger partial charge in [-0.2, -0.15) is 0 Å². The van der Waals surface area contributed by atoms with Gasteiger partial charge >= 0.3 is 0 Å². The summed E-state index contributed by atoms with van der Waals surface area (Å²) >= 11 is 1.86. The molecule has 0 fully saturated rings. The number of pyridine rings is 1. The van der Waals surface area contributed by atoms with Crippen LogP contribution in [0.3, 0.4) is 0 Å². The average molecular weight is 455 g/mol. The fourth-order valence-corrected chi connectivity index (χ4v) is 6.63. The third-order valence-electron chi connectivity index (χ3n) is 7.03. The van der Waals surface area contributed by atoms with E-state index in [1.807, 2.05) is 17.5 Å². The van der Waals surface area contributed by atoms with Crippen molar-refractivity contribution < 1.29 is 0 Å². The lowest BCUT2D eigenvalue weighted by atomic mass is 9.97. The lowest BCUT2D eigenvalue weighted by Crippen LogP contribution is -1.93. The van der Waals surface area contributed by atoms with Crippen molar-refractivity contribution in [2.45, 2.75) is 6.92 Å². The summed E-state index contributed by atoms with van der Waals surface area (Å²) in [6, 6.07) is 32.8. The SMILES string of the molecule is Cc1c(-c2ccnc(-c3cc4ccccc4c4c5ccccc5n(C)c34)c2)sc2ccccc12. The van der Waals surface area contributed by atoms with E-state index in [0.29, 0.717) is 0 Å². The van der Waals surface area contributed by atoms with E-state index in [4.69, 9.17) is 4.98 Å². The average Bonchev–Trinajstić information content (AvgIpc) is 3.39. The summed E-state index contributed by atoms with van der Waals surface area (Å²) in [5.74, 6) is 0. The van der Waals surface area contributed by atoms with Gasteiger partial charge in [0.1, 0.15) is 0 Å². The zero-order valence-corrected chi connectivity index (χ0v) is 19.9. The fraction of sp³-hybridized carbons (Fsp3) is 0.0645. The molecule has 0 saturated heterocycles. The first kappa shape index (κ1) is 19.5. The third kappa shape index (κ3) is 2.71. The maximum atomic E-state index is 4.88. The summed E-state index contributed by atoms with van der Waals surface area (Å²) in [4.78, 5) is 6.20. The third-order valence-corrected chi connectivity index (χ3v) is 8.36. The van der Waals surface area contributed by atoms with Crippen LogP contribution in [0, 0.1) is 6.92 Å². The number of thiophene rings is 1. The number of aromatic nitrogens is 2. The molecule has 0 aliphatic heterocycles. The molecule has 0 amide bonds. The molecule has 0 saturated carbocycles. The Bertz CT molecular complexity index is 1890. The van der Waals surface area contributed by atoms with Gasteiger partial charge in [-0.1, -0.05) is 60.7 Å². The number of hydrogen-bond acceptors (Lipinski definition) is 2. The molecule has 7 aromatic rings. The molecule has 0 bridgehead atoms. The molecule has 7 rings (SSSR count). The molecule has 0 aliphatic rings. The molecule has 2 nitrogen and oxygen atoms in total. The lowest BCUT2D eigenvalue weighted by Gasteiger charge is -2.11. The predicted molar refractivity (Wildman–Crippen MR) is 147 cm³/mol. The molecular weight excluding hydrogens is 432 g/mol. The minimum atomic E-state index is 1.01. The highest BCUT2D eigenvalue weighted by Gasteiger charge is 2.18. The molecule has 0 spiro atoms. The molecule has 0 atom stereocenters. The Morgan fingerprint density at radius 2 is 1.50 bits per heavy atom. The van der Waals surface area contributed by atoms with Crippen LogP contribution in [0.25, 0.3) is 64.4 Å². The van der Waals surface area contributed by atoms with Gasteiger partial charge in [0.2, 0.25) is 0 Å². The molecule has 0 unspecified atom stereocenters. The summed E-state index contributed by atoms with van der Waals surface area (Å²) in [5.41, 5.74) is 7.23. The number of fused-ring (bicyclic) bond motifs is 6. The van der Waals surface area contributed by atoms with Crippen molar-refractivity contribution in [2.24, 2.45) is 7.05 Å². The largest absolute Gasteiger partial charge is 0.343 e. The molecule has 162 valence electrons. The number of aryl methyl sites for hydroxylation is 2. The van der Waals surface area contributed by atoms with Gasteiger partial charge in [0.15, 0.2) is 0 Å². The Balaban J connectivity index is 1.55. The highest BCUT2D eigenvalue weighted by molar-refractivity contribution is 7.22. The summed E-state index contributed by atoms with van der Waals surface area (Å²) < 4.78 is 3.65. The van der Waals surface area contributed by atoms with Crippen molar-refractivity contribution in [1.82, 2.24) is 9.55 Å². The van der Waals surface area contributed by atoms with Crippen LogP contribution in [-0.2, 0) is 7.05 Å². The molecule has 34 heavy (non-hydrogen) atoms. The zero-order valence-electron chi connectivity index (χ0n) is 19.0. The van der Waals surface area contributed by atoms with Crippen LogP contribution in [0.5, 0.6) is 0 Å². The van der Waals surface area contributed by atoms with Crippen molar-refractivity contribution in [2.75, 3.05) is 0 Å². The van der Waals surface area contributed by atoms with E-state index in [-0.39, 0.29) is 0 Å².